The number of carbonyl (C=O) groups is 3. The molecule has 2 amide bonds. The number of benzene rings is 1. The molecule has 1 aromatic rings. The van der Waals surface area contributed by atoms with Crippen LogP contribution in [-0.2, 0) is 19.1 Å². The molecule has 0 aromatic heterocycles. The predicted octanol–water partition coefficient (Wildman–Crippen LogP) is 3.58. The maximum Gasteiger partial charge on any atom is 0.410 e. The summed E-state index contributed by atoms with van der Waals surface area (Å²) in [6.07, 6.45) is 1.16. The van der Waals surface area contributed by atoms with E-state index in [2.05, 4.69) is 21.2 Å². The molecule has 1 heterocycles. The van der Waals surface area contributed by atoms with Crippen LogP contribution < -0.4 is 10.1 Å². The quantitative estimate of drug-likeness (QED) is 0.456. The van der Waals surface area contributed by atoms with Crippen molar-refractivity contribution in [3.05, 3.63) is 29.8 Å². The summed E-state index contributed by atoms with van der Waals surface area (Å²) in [7, 11) is 0. The van der Waals surface area contributed by atoms with Crippen LogP contribution in [0.1, 0.15) is 50.9 Å². The van der Waals surface area contributed by atoms with Gasteiger partial charge in [0.15, 0.2) is 0 Å². The number of hydrogen-bond acceptors (Lipinski definition) is 6. The van der Waals surface area contributed by atoms with Crippen molar-refractivity contribution in [3.8, 4) is 5.75 Å². The minimum absolute atomic E-state index is 0.0113. The smallest absolute Gasteiger partial charge is 0.410 e. The van der Waals surface area contributed by atoms with E-state index in [0.29, 0.717) is 18.8 Å². The minimum atomic E-state index is -0.590. The van der Waals surface area contributed by atoms with Crippen molar-refractivity contribution in [3.63, 3.8) is 0 Å². The fourth-order valence-corrected chi connectivity index (χ4v) is 3.47. The molecule has 1 unspecified atom stereocenters. The molecule has 172 valence electrons. The first-order valence-corrected chi connectivity index (χ1v) is 11.3. The Labute approximate surface area is 191 Å². The lowest BCUT2D eigenvalue weighted by atomic mass is 10.1. The van der Waals surface area contributed by atoms with Crippen LogP contribution in [0.15, 0.2) is 24.3 Å². The highest BCUT2D eigenvalue weighted by atomic mass is 79.9. The molecule has 0 radical (unpaired) electrons. The second-order valence-electron chi connectivity index (χ2n) is 8.24. The number of esters is 1. The summed E-state index contributed by atoms with van der Waals surface area (Å²) in [6, 6.07) is 7.22. The van der Waals surface area contributed by atoms with Crippen LogP contribution in [-0.4, -0.2) is 60.8 Å². The summed E-state index contributed by atoms with van der Waals surface area (Å²) >= 11 is 3.35. The summed E-state index contributed by atoms with van der Waals surface area (Å²) in [5.41, 5.74) is 0.239. The maximum absolute atomic E-state index is 12.2. The average molecular weight is 499 g/mol. The molecule has 1 aliphatic heterocycles. The highest BCUT2D eigenvalue weighted by Gasteiger charge is 2.27. The van der Waals surface area contributed by atoms with Gasteiger partial charge < -0.3 is 24.4 Å². The first-order chi connectivity index (χ1) is 14.6. The molecule has 1 fully saturated rings. The summed E-state index contributed by atoms with van der Waals surface area (Å²) in [6.45, 7) is 8.54. The topological polar surface area (TPSA) is 94.2 Å². The third-order valence-corrected chi connectivity index (χ3v) is 5.46. The highest BCUT2D eigenvalue weighted by molar-refractivity contribution is 9.09. The Bertz CT molecular complexity index is 754. The molecular weight excluding hydrogens is 468 g/mol. The largest absolute Gasteiger partial charge is 0.490 e. The van der Waals surface area contributed by atoms with Crippen molar-refractivity contribution in [1.82, 2.24) is 10.2 Å². The minimum Gasteiger partial charge on any atom is -0.490 e. The second-order valence-corrected chi connectivity index (χ2v) is 9.15. The SMILES string of the molecule is CCOC(=O)CNC(=O)C(Br)c1ccc(OC2CCN(C(=O)OC(C)(C)C)CC2)cc1. The first-order valence-electron chi connectivity index (χ1n) is 10.4. The van der Waals surface area contributed by atoms with Gasteiger partial charge in [-0.3, -0.25) is 9.59 Å². The molecule has 0 bridgehead atoms. The number of nitrogens with zero attached hydrogens (tertiary/aromatic N) is 1. The van der Waals surface area contributed by atoms with Crippen LogP contribution >= 0.6 is 15.9 Å². The number of alkyl halides is 1. The van der Waals surface area contributed by atoms with Gasteiger partial charge in [-0.2, -0.15) is 0 Å². The Hall–Kier alpha value is -2.29. The monoisotopic (exact) mass is 498 g/mol. The fourth-order valence-electron chi connectivity index (χ4n) is 3.00. The number of rotatable bonds is 7. The van der Waals surface area contributed by atoms with Gasteiger partial charge in [-0.1, -0.05) is 28.1 Å². The van der Waals surface area contributed by atoms with Crippen LogP contribution in [0.3, 0.4) is 0 Å². The van der Waals surface area contributed by atoms with Crippen molar-refractivity contribution in [2.75, 3.05) is 26.2 Å². The average Bonchev–Trinajstić information content (AvgIpc) is 2.71. The normalized spacial score (nSPS) is 15.7. The summed E-state index contributed by atoms with van der Waals surface area (Å²) in [4.78, 5) is 36.8. The zero-order chi connectivity index (χ0) is 23.0. The van der Waals surface area contributed by atoms with Gasteiger partial charge in [0.05, 0.1) is 6.61 Å². The zero-order valence-electron chi connectivity index (χ0n) is 18.5. The number of nitrogens with one attached hydrogen (secondary N) is 1. The van der Waals surface area contributed by atoms with Gasteiger partial charge in [0.2, 0.25) is 5.91 Å². The number of halogens is 1. The van der Waals surface area contributed by atoms with Crippen LogP contribution in [0.25, 0.3) is 0 Å². The number of hydrogen-bond donors (Lipinski definition) is 1. The molecule has 1 aromatic carbocycles. The lowest BCUT2D eigenvalue weighted by molar-refractivity contribution is -0.143. The van der Waals surface area contributed by atoms with Gasteiger partial charge in [-0.15, -0.1) is 0 Å². The first kappa shape index (κ1) is 25.0. The zero-order valence-corrected chi connectivity index (χ0v) is 20.1. The van der Waals surface area contributed by atoms with Crippen LogP contribution in [0, 0.1) is 0 Å². The van der Waals surface area contributed by atoms with Gasteiger partial charge in [0.25, 0.3) is 0 Å². The lowest BCUT2D eigenvalue weighted by Gasteiger charge is -2.33. The van der Waals surface area contributed by atoms with Gasteiger partial charge in [-0.05, 0) is 45.4 Å². The van der Waals surface area contributed by atoms with Gasteiger partial charge in [0, 0.05) is 25.9 Å². The Balaban J connectivity index is 1.80. The molecule has 2 rings (SSSR count). The van der Waals surface area contributed by atoms with Gasteiger partial charge in [0.1, 0.15) is 28.8 Å². The standard InChI is InChI=1S/C22H31BrN2O6/c1-5-29-18(26)14-24-20(27)19(23)15-6-8-16(9-7-15)30-17-10-12-25(13-11-17)21(28)31-22(2,3)4/h6-9,17,19H,5,10-14H2,1-4H3,(H,24,27). The Morgan fingerprint density at radius 1 is 1.16 bits per heavy atom. The van der Waals surface area contributed by atoms with E-state index in [1.807, 2.05) is 32.9 Å². The molecule has 8 nitrogen and oxygen atoms in total. The van der Waals surface area contributed by atoms with Crippen molar-refractivity contribution >= 4 is 33.9 Å². The third kappa shape index (κ3) is 8.40. The molecular formula is C22H31BrN2O6. The summed E-state index contributed by atoms with van der Waals surface area (Å²) < 4.78 is 16.2. The van der Waals surface area contributed by atoms with Crippen molar-refractivity contribution in [2.24, 2.45) is 0 Å². The Morgan fingerprint density at radius 3 is 2.32 bits per heavy atom. The van der Waals surface area contributed by atoms with Crippen molar-refractivity contribution in [2.45, 2.75) is 57.1 Å². The Morgan fingerprint density at radius 2 is 1.77 bits per heavy atom. The van der Waals surface area contributed by atoms with E-state index in [1.54, 1.807) is 24.0 Å². The van der Waals surface area contributed by atoms with Crippen LogP contribution in [0.5, 0.6) is 5.75 Å². The van der Waals surface area contributed by atoms with Crippen molar-refractivity contribution < 1.29 is 28.6 Å². The number of likely N-dealkylation sites (tertiary alicyclic amines) is 1. The maximum atomic E-state index is 12.2. The highest BCUT2D eigenvalue weighted by Crippen LogP contribution is 2.26. The molecule has 1 aliphatic rings. The molecule has 1 N–H and O–H groups in total. The molecule has 0 saturated carbocycles. The van der Waals surface area contributed by atoms with E-state index in [1.165, 1.54) is 0 Å². The van der Waals surface area contributed by atoms with Gasteiger partial charge >= 0.3 is 12.1 Å². The van der Waals surface area contributed by atoms with Crippen molar-refractivity contribution in [1.29, 1.82) is 0 Å². The third-order valence-electron chi connectivity index (χ3n) is 4.51. The second kappa shape index (κ2) is 11.4. The Kier molecular flexibility index (Phi) is 9.15. The molecule has 1 saturated heterocycles. The fraction of sp³-hybridized carbons (Fsp3) is 0.591. The van der Waals surface area contributed by atoms with E-state index < -0.39 is 16.4 Å². The molecule has 0 spiro atoms. The van der Waals surface area contributed by atoms with E-state index in [-0.39, 0.29) is 31.3 Å². The number of amides is 2. The number of carbonyl (C=O) groups excluding carboxylic acids is 3. The van der Waals surface area contributed by atoms with Crippen LogP contribution in [0.2, 0.25) is 0 Å². The molecule has 0 aliphatic carbocycles. The predicted molar refractivity (Wildman–Crippen MR) is 119 cm³/mol. The van der Waals surface area contributed by atoms with Gasteiger partial charge in [-0.25, -0.2) is 4.79 Å². The number of ether oxygens (including phenoxy) is 3. The van der Waals surface area contributed by atoms with E-state index in [0.717, 1.165) is 18.4 Å². The molecule has 9 heteroatoms. The molecule has 1 atom stereocenters. The summed E-state index contributed by atoms with van der Waals surface area (Å²) in [5.74, 6) is -0.0978. The summed E-state index contributed by atoms with van der Waals surface area (Å²) in [5, 5.41) is 2.54. The lowest BCUT2D eigenvalue weighted by Crippen LogP contribution is -2.44. The molecule has 31 heavy (non-hydrogen) atoms. The number of piperidine rings is 1. The van der Waals surface area contributed by atoms with E-state index in [9.17, 15) is 14.4 Å². The van der Waals surface area contributed by atoms with Crippen LogP contribution in [0.4, 0.5) is 4.79 Å². The van der Waals surface area contributed by atoms with E-state index >= 15 is 0 Å². The van der Waals surface area contributed by atoms with E-state index in [4.69, 9.17) is 14.2 Å².